The number of nitrogens with one attached hydrogen (secondary N) is 1. The first kappa shape index (κ1) is 15.6. The normalized spacial score (nSPS) is 9.86. The fraction of sp³-hybridized carbons (Fsp3) is 0.222. The molecule has 0 atom stereocenters. The van der Waals surface area contributed by atoms with E-state index in [-0.39, 0.29) is 5.91 Å². The van der Waals surface area contributed by atoms with E-state index in [0.717, 1.165) is 24.5 Å². The highest BCUT2D eigenvalue weighted by molar-refractivity contribution is 6.06. The minimum absolute atomic E-state index is 0.270. The summed E-state index contributed by atoms with van der Waals surface area (Å²) >= 11 is 0. The molecule has 0 spiro atoms. The van der Waals surface area contributed by atoms with Crippen molar-refractivity contribution in [1.29, 1.82) is 5.26 Å². The number of nitrogens with zero attached hydrogens (tertiary/aromatic N) is 2. The number of amides is 1. The van der Waals surface area contributed by atoms with E-state index in [1.54, 1.807) is 24.3 Å². The van der Waals surface area contributed by atoms with E-state index in [1.165, 1.54) is 0 Å². The summed E-state index contributed by atoms with van der Waals surface area (Å²) in [6, 6.07) is 16.6. The number of rotatable bonds is 5. The second-order valence-corrected chi connectivity index (χ2v) is 4.83. The molecule has 0 unspecified atom stereocenters. The van der Waals surface area contributed by atoms with Crippen molar-refractivity contribution in [1.82, 2.24) is 0 Å². The Morgan fingerprint density at radius 3 is 2.55 bits per heavy atom. The Morgan fingerprint density at radius 2 is 1.86 bits per heavy atom. The van der Waals surface area contributed by atoms with Crippen LogP contribution in [0.4, 0.5) is 11.4 Å². The molecule has 112 valence electrons. The van der Waals surface area contributed by atoms with Gasteiger partial charge in [-0.05, 0) is 44.2 Å². The third-order valence-corrected chi connectivity index (χ3v) is 3.52. The molecule has 0 saturated carbocycles. The van der Waals surface area contributed by atoms with Gasteiger partial charge in [0.05, 0.1) is 17.2 Å². The fourth-order valence-corrected chi connectivity index (χ4v) is 2.35. The Hall–Kier alpha value is -2.80. The lowest BCUT2D eigenvalue weighted by atomic mass is 10.1. The Labute approximate surface area is 131 Å². The molecular weight excluding hydrogens is 274 g/mol. The fourth-order valence-electron chi connectivity index (χ4n) is 2.35. The van der Waals surface area contributed by atoms with Crippen molar-refractivity contribution in [2.24, 2.45) is 0 Å². The maximum Gasteiger partial charge on any atom is 0.257 e. The van der Waals surface area contributed by atoms with Crippen LogP contribution in [0.5, 0.6) is 0 Å². The average molecular weight is 293 g/mol. The van der Waals surface area contributed by atoms with Gasteiger partial charge < -0.3 is 10.2 Å². The molecule has 0 aliphatic heterocycles. The molecule has 22 heavy (non-hydrogen) atoms. The molecule has 4 heteroatoms. The molecule has 0 bridgehead atoms. The van der Waals surface area contributed by atoms with Crippen molar-refractivity contribution >= 4 is 17.3 Å². The van der Waals surface area contributed by atoms with Gasteiger partial charge in [-0.25, -0.2) is 0 Å². The van der Waals surface area contributed by atoms with E-state index in [9.17, 15) is 4.79 Å². The number of carbonyl (C=O) groups is 1. The van der Waals surface area contributed by atoms with Crippen molar-refractivity contribution in [3.63, 3.8) is 0 Å². The summed E-state index contributed by atoms with van der Waals surface area (Å²) in [6.07, 6.45) is 0. The van der Waals surface area contributed by atoms with E-state index in [2.05, 4.69) is 24.1 Å². The predicted octanol–water partition coefficient (Wildman–Crippen LogP) is 3.66. The van der Waals surface area contributed by atoms with Gasteiger partial charge in [-0.15, -0.1) is 0 Å². The van der Waals surface area contributed by atoms with Crippen LogP contribution < -0.4 is 10.2 Å². The number of nitriles is 1. The predicted molar refractivity (Wildman–Crippen MR) is 89.1 cm³/mol. The number of hydrogen-bond acceptors (Lipinski definition) is 3. The zero-order valence-corrected chi connectivity index (χ0v) is 12.8. The summed E-state index contributed by atoms with van der Waals surface area (Å²) in [5, 5.41) is 11.9. The largest absolute Gasteiger partial charge is 0.372 e. The molecule has 2 aromatic carbocycles. The summed E-state index contributed by atoms with van der Waals surface area (Å²) in [4.78, 5) is 14.5. The minimum Gasteiger partial charge on any atom is -0.372 e. The van der Waals surface area contributed by atoms with Crippen LogP contribution >= 0.6 is 0 Å². The zero-order valence-electron chi connectivity index (χ0n) is 12.8. The first-order chi connectivity index (χ1) is 10.7. The Kier molecular flexibility index (Phi) is 5.16. The van der Waals surface area contributed by atoms with E-state index in [0.29, 0.717) is 11.1 Å². The number of anilines is 2. The van der Waals surface area contributed by atoms with Crippen LogP contribution in [0.15, 0.2) is 48.5 Å². The van der Waals surface area contributed by atoms with Gasteiger partial charge in [0.25, 0.3) is 5.91 Å². The third-order valence-electron chi connectivity index (χ3n) is 3.52. The lowest BCUT2D eigenvalue weighted by Crippen LogP contribution is -2.22. The van der Waals surface area contributed by atoms with E-state index >= 15 is 0 Å². The van der Waals surface area contributed by atoms with Crippen LogP contribution in [-0.4, -0.2) is 19.0 Å². The topological polar surface area (TPSA) is 56.1 Å². The molecule has 0 aromatic heterocycles. The lowest BCUT2D eigenvalue weighted by molar-refractivity contribution is 0.102. The smallest absolute Gasteiger partial charge is 0.257 e. The second kappa shape index (κ2) is 7.28. The van der Waals surface area contributed by atoms with Crippen LogP contribution in [0.1, 0.15) is 29.8 Å². The van der Waals surface area contributed by atoms with Crippen molar-refractivity contribution in [2.75, 3.05) is 23.3 Å². The monoisotopic (exact) mass is 293 g/mol. The molecule has 2 rings (SSSR count). The Morgan fingerprint density at radius 1 is 1.14 bits per heavy atom. The molecule has 1 amide bonds. The van der Waals surface area contributed by atoms with Crippen molar-refractivity contribution in [3.05, 3.63) is 59.7 Å². The second-order valence-electron chi connectivity index (χ2n) is 4.83. The highest BCUT2D eigenvalue weighted by Crippen LogP contribution is 2.20. The third kappa shape index (κ3) is 3.44. The number of carbonyl (C=O) groups excluding carboxylic acids is 1. The summed E-state index contributed by atoms with van der Waals surface area (Å²) in [7, 11) is 0. The number of hydrogen-bond donors (Lipinski definition) is 1. The molecule has 1 N–H and O–H groups in total. The quantitative estimate of drug-likeness (QED) is 0.915. The van der Waals surface area contributed by atoms with Gasteiger partial charge in [-0.3, -0.25) is 4.79 Å². The molecule has 0 radical (unpaired) electrons. The molecular formula is C18H19N3O. The van der Waals surface area contributed by atoms with Gasteiger partial charge in [0.2, 0.25) is 0 Å². The maximum absolute atomic E-state index is 12.3. The summed E-state index contributed by atoms with van der Waals surface area (Å²) in [6.45, 7) is 6.01. The molecule has 0 fully saturated rings. The maximum atomic E-state index is 12.3. The van der Waals surface area contributed by atoms with Crippen LogP contribution in [0.2, 0.25) is 0 Å². The molecule has 0 aliphatic rings. The van der Waals surface area contributed by atoms with E-state index in [4.69, 9.17) is 5.26 Å². The van der Waals surface area contributed by atoms with E-state index in [1.807, 2.05) is 30.3 Å². The summed E-state index contributed by atoms with van der Waals surface area (Å²) in [5.41, 5.74) is 2.55. The first-order valence-corrected chi connectivity index (χ1v) is 7.35. The molecule has 4 nitrogen and oxygen atoms in total. The zero-order chi connectivity index (χ0) is 15.9. The van der Waals surface area contributed by atoms with Gasteiger partial charge in [0.15, 0.2) is 0 Å². The van der Waals surface area contributed by atoms with Gasteiger partial charge in [0.1, 0.15) is 0 Å². The minimum atomic E-state index is -0.270. The van der Waals surface area contributed by atoms with Crippen LogP contribution in [0.25, 0.3) is 0 Å². The molecule has 0 aliphatic carbocycles. The van der Waals surface area contributed by atoms with Crippen LogP contribution in [0, 0.1) is 11.3 Å². The van der Waals surface area contributed by atoms with Gasteiger partial charge in [-0.1, -0.05) is 18.2 Å². The molecule has 2 aromatic rings. The van der Waals surface area contributed by atoms with Gasteiger partial charge in [0, 0.05) is 24.5 Å². The van der Waals surface area contributed by atoms with E-state index < -0.39 is 0 Å². The highest BCUT2D eigenvalue weighted by atomic mass is 16.1. The van der Waals surface area contributed by atoms with Crippen LogP contribution in [-0.2, 0) is 0 Å². The van der Waals surface area contributed by atoms with Crippen LogP contribution in [0.3, 0.4) is 0 Å². The highest BCUT2D eigenvalue weighted by Gasteiger charge is 2.11. The SMILES string of the molecule is CCN(CC)c1cccc(NC(=O)c2ccccc2C#N)c1. The molecule has 0 heterocycles. The standard InChI is InChI=1S/C18H19N3O/c1-3-21(4-2)16-10-7-9-15(12-16)20-18(22)17-11-6-5-8-14(17)13-19/h5-12H,3-4H2,1-2H3,(H,20,22). The van der Waals surface area contributed by atoms with Crippen molar-refractivity contribution in [2.45, 2.75) is 13.8 Å². The number of benzene rings is 2. The van der Waals surface area contributed by atoms with Gasteiger partial charge >= 0.3 is 0 Å². The molecule has 0 saturated heterocycles. The average Bonchev–Trinajstić information content (AvgIpc) is 2.56. The van der Waals surface area contributed by atoms with Gasteiger partial charge in [-0.2, -0.15) is 5.26 Å². The lowest BCUT2D eigenvalue weighted by Gasteiger charge is -2.21. The first-order valence-electron chi connectivity index (χ1n) is 7.35. The van der Waals surface area contributed by atoms with Crippen molar-refractivity contribution < 1.29 is 4.79 Å². The summed E-state index contributed by atoms with van der Waals surface area (Å²) < 4.78 is 0. The Bertz CT molecular complexity index is 699. The Balaban J connectivity index is 2.22. The van der Waals surface area contributed by atoms with Crippen molar-refractivity contribution in [3.8, 4) is 6.07 Å². The summed E-state index contributed by atoms with van der Waals surface area (Å²) in [5.74, 6) is -0.270.